The average molecular weight is 786 g/mol. The van der Waals surface area contributed by atoms with Gasteiger partial charge in [-0.3, -0.25) is 8.80 Å². The largest absolute Gasteiger partial charge is 0.308 e. The second-order valence-corrected chi connectivity index (χ2v) is 19.1. The fourth-order valence-corrected chi connectivity index (χ4v) is 10.4. The Morgan fingerprint density at radius 1 is 0.410 bits per heavy atom. The van der Waals surface area contributed by atoms with Gasteiger partial charge in [0.15, 0.2) is 11.3 Å². The first-order valence-corrected chi connectivity index (χ1v) is 21.4. The Balaban J connectivity index is 1.28. The highest BCUT2D eigenvalue weighted by molar-refractivity contribution is 6.33. The summed E-state index contributed by atoms with van der Waals surface area (Å²) in [5.41, 5.74) is 14.1. The molecule has 5 aromatic heterocycles. The van der Waals surface area contributed by atoms with E-state index in [2.05, 4.69) is 207 Å². The molecule has 0 N–H and O–H groups in total. The maximum Gasteiger partial charge on any atom is 0.165 e. The van der Waals surface area contributed by atoms with Crippen LogP contribution in [0, 0.1) is 0 Å². The van der Waals surface area contributed by atoms with Crippen molar-refractivity contribution >= 4 is 115 Å². The Morgan fingerprint density at radius 2 is 0.967 bits per heavy atom. The van der Waals surface area contributed by atoms with Crippen molar-refractivity contribution in [1.82, 2.24) is 18.8 Å². The van der Waals surface area contributed by atoms with Crippen LogP contribution in [0.4, 0.5) is 17.1 Å². The minimum atomic E-state index is -0.109. The van der Waals surface area contributed by atoms with Gasteiger partial charge in [-0.1, -0.05) is 133 Å². The molecule has 0 radical (unpaired) electrons. The third-order valence-electron chi connectivity index (χ3n) is 13.4. The summed E-state index contributed by atoms with van der Waals surface area (Å²) in [5.74, 6) is 0. The van der Waals surface area contributed by atoms with E-state index in [1.165, 1.54) is 65.3 Å². The van der Waals surface area contributed by atoms with Gasteiger partial charge in [-0.2, -0.15) is 0 Å². The molecule has 0 aliphatic heterocycles. The lowest BCUT2D eigenvalue weighted by atomic mass is 9.85. The molecule has 5 nitrogen and oxygen atoms in total. The number of anilines is 3. The molecule has 0 amide bonds. The summed E-state index contributed by atoms with van der Waals surface area (Å²) in [6.07, 6.45) is 0. The Bertz CT molecular complexity index is 3900. The van der Waals surface area contributed by atoms with Gasteiger partial charge in [0.2, 0.25) is 0 Å². The first-order chi connectivity index (χ1) is 29.5. The minimum absolute atomic E-state index is 0.0193. The smallest absolute Gasteiger partial charge is 0.165 e. The van der Waals surface area contributed by atoms with E-state index in [1.54, 1.807) is 0 Å². The number of fused-ring (bicyclic) bond motifs is 16. The fraction of sp³-hybridized carbons (Fsp3) is 0.143. The first kappa shape index (κ1) is 34.6. The van der Waals surface area contributed by atoms with Crippen molar-refractivity contribution in [3.8, 4) is 0 Å². The molecule has 5 heteroatoms. The summed E-state index contributed by atoms with van der Waals surface area (Å²) in [6.45, 7) is 13.8. The van der Waals surface area contributed by atoms with Crippen molar-refractivity contribution in [1.29, 1.82) is 0 Å². The van der Waals surface area contributed by atoms with E-state index in [0.717, 1.165) is 61.2 Å². The SMILES string of the molecule is CC(C)(C)c1ccc2c(c1)c1cc3ccccc3c3c4nc5c(nc4n2c13)c1cc(C(C)(C)C)cc2c3c4ccccc4cc(N(c4ccccc4)c4ccccc4)c3n5c12. The van der Waals surface area contributed by atoms with Crippen molar-refractivity contribution in [3.63, 3.8) is 0 Å². The summed E-state index contributed by atoms with van der Waals surface area (Å²) < 4.78 is 4.86. The van der Waals surface area contributed by atoms with E-state index in [0.29, 0.717) is 0 Å². The van der Waals surface area contributed by atoms with Crippen molar-refractivity contribution in [2.24, 2.45) is 0 Å². The summed E-state index contributed by atoms with van der Waals surface area (Å²) in [4.78, 5) is 14.2. The van der Waals surface area contributed by atoms with Gasteiger partial charge in [-0.05, 0) is 104 Å². The molecule has 61 heavy (non-hydrogen) atoms. The third-order valence-corrected chi connectivity index (χ3v) is 13.4. The number of benzene rings is 8. The van der Waals surface area contributed by atoms with Crippen LogP contribution in [0.25, 0.3) is 98.3 Å². The van der Waals surface area contributed by atoms with Gasteiger partial charge in [0, 0.05) is 43.7 Å². The molecule has 292 valence electrons. The molecule has 0 saturated carbocycles. The predicted octanol–water partition coefficient (Wildman–Crippen LogP) is 15.1. The van der Waals surface area contributed by atoms with Gasteiger partial charge in [-0.25, -0.2) is 9.97 Å². The molecule has 8 aromatic carbocycles. The monoisotopic (exact) mass is 785 g/mol. The number of hydrogen-bond acceptors (Lipinski definition) is 3. The number of aromatic nitrogens is 4. The van der Waals surface area contributed by atoms with Gasteiger partial charge in [0.05, 0.1) is 27.8 Å². The molecular formula is C56H43N5. The predicted molar refractivity (Wildman–Crippen MR) is 258 cm³/mol. The van der Waals surface area contributed by atoms with Crippen LogP contribution in [0.5, 0.6) is 0 Å². The lowest BCUT2D eigenvalue weighted by Crippen LogP contribution is -2.11. The molecule has 0 spiro atoms. The van der Waals surface area contributed by atoms with E-state index < -0.39 is 0 Å². The Kier molecular flexibility index (Phi) is 6.66. The highest BCUT2D eigenvalue weighted by Crippen LogP contribution is 2.50. The number of hydrogen-bond donors (Lipinski definition) is 0. The first-order valence-electron chi connectivity index (χ1n) is 21.4. The van der Waals surface area contributed by atoms with Crippen LogP contribution in [0.1, 0.15) is 52.7 Å². The fourth-order valence-electron chi connectivity index (χ4n) is 10.4. The van der Waals surface area contributed by atoms with Crippen molar-refractivity contribution in [3.05, 3.63) is 163 Å². The Morgan fingerprint density at radius 3 is 1.64 bits per heavy atom. The number of nitrogens with zero attached hydrogens (tertiary/aromatic N) is 5. The van der Waals surface area contributed by atoms with Gasteiger partial charge in [0.1, 0.15) is 11.0 Å². The zero-order chi connectivity index (χ0) is 41.1. The van der Waals surface area contributed by atoms with Crippen LogP contribution < -0.4 is 4.90 Å². The summed E-state index contributed by atoms with van der Waals surface area (Å²) in [5, 5.41) is 12.1. The molecule has 0 unspecified atom stereocenters. The molecule has 0 aliphatic carbocycles. The van der Waals surface area contributed by atoms with Crippen LogP contribution in [-0.2, 0) is 10.8 Å². The number of rotatable bonds is 3. The van der Waals surface area contributed by atoms with E-state index >= 15 is 0 Å². The lowest BCUT2D eigenvalue weighted by molar-refractivity contribution is 0.591. The number of para-hydroxylation sites is 2. The summed E-state index contributed by atoms with van der Waals surface area (Å²) in [6, 6.07) is 55.8. The van der Waals surface area contributed by atoms with E-state index in [9.17, 15) is 0 Å². The van der Waals surface area contributed by atoms with Crippen molar-refractivity contribution in [2.45, 2.75) is 52.4 Å². The maximum atomic E-state index is 5.90. The summed E-state index contributed by atoms with van der Waals surface area (Å²) in [7, 11) is 0. The molecule has 13 aromatic rings. The van der Waals surface area contributed by atoms with E-state index in [-0.39, 0.29) is 10.8 Å². The quantitative estimate of drug-likeness (QED) is 0.179. The van der Waals surface area contributed by atoms with Gasteiger partial charge in [-0.15, -0.1) is 0 Å². The molecule has 0 aliphatic rings. The Hall–Kier alpha value is -7.24. The second-order valence-electron chi connectivity index (χ2n) is 19.1. The second kappa shape index (κ2) is 11.7. The average Bonchev–Trinajstić information content (AvgIpc) is 3.98. The molecule has 0 atom stereocenters. The van der Waals surface area contributed by atoms with Crippen LogP contribution >= 0.6 is 0 Å². The highest BCUT2D eigenvalue weighted by Gasteiger charge is 2.30. The van der Waals surface area contributed by atoms with Crippen LogP contribution in [0.2, 0.25) is 0 Å². The molecular weight excluding hydrogens is 743 g/mol. The van der Waals surface area contributed by atoms with Crippen LogP contribution in [0.15, 0.2) is 152 Å². The van der Waals surface area contributed by atoms with Crippen molar-refractivity contribution < 1.29 is 0 Å². The van der Waals surface area contributed by atoms with Crippen LogP contribution in [0.3, 0.4) is 0 Å². The van der Waals surface area contributed by atoms with E-state index in [4.69, 9.17) is 9.97 Å². The Labute approximate surface area is 352 Å². The molecule has 0 fully saturated rings. The zero-order valence-corrected chi connectivity index (χ0v) is 35.2. The van der Waals surface area contributed by atoms with Crippen molar-refractivity contribution in [2.75, 3.05) is 4.90 Å². The van der Waals surface area contributed by atoms with Crippen LogP contribution in [-0.4, -0.2) is 18.8 Å². The van der Waals surface area contributed by atoms with Gasteiger partial charge in [0.25, 0.3) is 0 Å². The zero-order valence-electron chi connectivity index (χ0n) is 35.2. The molecule has 0 bridgehead atoms. The van der Waals surface area contributed by atoms with Gasteiger partial charge >= 0.3 is 0 Å². The summed E-state index contributed by atoms with van der Waals surface area (Å²) >= 11 is 0. The molecule has 0 saturated heterocycles. The highest BCUT2D eigenvalue weighted by atomic mass is 15.2. The normalized spacial score (nSPS) is 13.1. The molecule has 13 rings (SSSR count). The van der Waals surface area contributed by atoms with Gasteiger partial charge < -0.3 is 4.90 Å². The minimum Gasteiger partial charge on any atom is -0.308 e. The lowest BCUT2D eigenvalue weighted by Gasteiger charge is -2.27. The third kappa shape index (κ3) is 4.61. The maximum absolute atomic E-state index is 5.90. The molecule has 5 heterocycles. The standard InChI is InChI=1S/C56H43N5/c1-55(2,3)34-25-26-44-40(29-34)41-27-32-17-13-16-24-39(32)47-49-54(60(44)51(41)47)57-48-43-31-35(56(4,5)6)30-42-46-38-23-15-14-18-33(38)28-45(52(46)61(50(42)43)53(48)58-49)59(36-19-9-7-10-20-36)37-21-11-8-12-22-37/h7-31H,1-6H3. The topological polar surface area (TPSA) is 37.8 Å². The van der Waals surface area contributed by atoms with E-state index in [1.807, 2.05) is 0 Å².